The molecular formula is C79H83Cl2N9O25. The molecule has 0 spiro atoms. The fourth-order valence-corrected chi connectivity index (χ4v) is 14.5. The first-order valence-electron chi connectivity index (χ1n) is 36.2. The number of hydrogen-bond donors (Lipinski definition) is 19. The largest absolute Gasteiger partial charge is 0.508 e. The maximum Gasteiger partial charge on any atom is 0.330 e. The maximum absolute atomic E-state index is 16.2. The molecule has 0 aromatic heterocycles. The number of benzene rings is 7. The number of carbonyl (C=O) groups is 8. The summed E-state index contributed by atoms with van der Waals surface area (Å²) in [6, 6.07) is 14.3. The van der Waals surface area contributed by atoms with Gasteiger partial charge in [0.15, 0.2) is 29.9 Å². The van der Waals surface area contributed by atoms with Crippen LogP contribution >= 0.6 is 23.2 Å². The van der Waals surface area contributed by atoms with Gasteiger partial charge in [-0.05, 0) is 127 Å². The van der Waals surface area contributed by atoms with E-state index in [2.05, 4.69) is 43.8 Å². The second kappa shape index (κ2) is 35.3. The number of ether oxygens (including phenoxy) is 7. The molecule has 2 fully saturated rings. The first-order chi connectivity index (χ1) is 54.8. The van der Waals surface area contributed by atoms with Crippen molar-refractivity contribution in [2.75, 3.05) is 13.2 Å². The number of aliphatic carboxylic acids is 1. The lowest BCUT2D eigenvalue weighted by atomic mass is 9.84. The number of aromatic hydroxyl groups is 3. The summed E-state index contributed by atoms with van der Waals surface area (Å²) in [6.07, 6.45) is -16.8. The SMILES string of the molecule is C=CCCOc1cccc(CN[C@@]2(C)C[C@H](O[C@H]3[C@H](Oc4c5cc6cc4Oc4ccc(cc4Cl)[C@@H](O)[C@@H](NC(=O)[C@@H](N)Cc4ccccc4)C(=O)N[C@@H](CC(N)=O)C(=O)N[C@H]6C(=O)N[C@H]4C(=O)N[C@H](C(=O)N[C@H](C(=O)O)c6cc(O)cc(O)c6-c6cc4ccc6O)[C@H](O)c4ccc(c(Cl)c4)O5)O[C@H](CO)[C@@H](O)[C@@H]3O)O[C@@H](C)[C@H]2O)c1. The van der Waals surface area contributed by atoms with Crippen molar-refractivity contribution in [1.82, 2.24) is 37.2 Å². The Morgan fingerprint density at radius 1 is 0.696 bits per heavy atom. The van der Waals surface area contributed by atoms with E-state index in [1.165, 1.54) is 12.1 Å². The molecule has 0 radical (unpaired) electrons. The molecule has 608 valence electrons. The van der Waals surface area contributed by atoms with Gasteiger partial charge in [0.25, 0.3) is 0 Å². The number of primary amides is 1. The van der Waals surface area contributed by atoms with Gasteiger partial charge in [0, 0.05) is 41.3 Å². The van der Waals surface area contributed by atoms with E-state index in [0.29, 0.717) is 24.3 Å². The highest BCUT2D eigenvalue weighted by Crippen LogP contribution is 2.50. The van der Waals surface area contributed by atoms with Crippen LogP contribution in [0.1, 0.15) is 102 Å². The first-order valence-corrected chi connectivity index (χ1v) is 36.9. The predicted molar refractivity (Wildman–Crippen MR) is 405 cm³/mol. The minimum Gasteiger partial charge on any atom is -0.508 e. The van der Waals surface area contributed by atoms with Crippen LogP contribution in [-0.2, 0) is 65.5 Å². The molecule has 7 aromatic rings. The van der Waals surface area contributed by atoms with Crippen LogP contribution in [0.2, 0.25) is 10.0 Å². The first kappa shape index (κ1) is 83.2. The van der Waals surface area contributed by atoms with Crippen molar-refractivity contribution in [2.24, 2.45) is 11.5 Å². The van der Waals surface area contributed by atoms with Gasteiger partial charge < -0.3 is 133 Å². The Kier molecular flexibility index (Phi) is 25.5. The summed E-state index contributed by atoms with van der Waals surface area (Å²) in [5.41, 5.74) is 9.32. The highest BCUT2D eigenvalue weighted by molar-refractivity contribution is 6.32. The van der Waals surface area contributed by atoms with Gasteiger partial charge in [-0.2, -0.15) is 0 Å². The standard InChI is InChI=1S/C79H83Cl2N9O25/c1-4-5-20-109-42-13-9-12-36(21-42)32-84-79(3)31-57(110-34(2)70(79)100)114-69-67(99)66(98)55(33-91)113-78(69)115-68-53-26-40-27-54(68)112-52-19-16-39(25-46(52)81)65(97)63-76(106)88-61(77(107)108)44-28-41(92)29-50(94)58(44)43-23-37(14-17-49(43)93)59(73(103)90-63)87-74(104)60(40)86-72(102)48(30-56(83)95)85-75(105)62(64(96)38-15-18-51(111-53)45(80)24-38)89-71(101)47(82)22-35-10-7-6-8-11-35/h4,6-19,21,23-29,34,47-48,55,57,59-67,69-70,78,84,91-94,96-100H,1,5,20,22,30-33,82H2,2-3H3,(H2,83,95)(H,85,105)(H,86,102)(H,87,104)(H,88,106)(H,89,101)(H,90,103)(H,107,108)/t34-,47-,48-,55+,57-,59+,60+,61-,62+,63-,64+,65+,66+,67-,69+,70+,78-,79-/m0/s1. The number of carbonyl (C=O) groups excluding carboxylic acids is 7. The summed E-state index contributed by atoms with van der Waals surface area (Å²) in [5, 5.41) is 133. The van der Waals surface area contributed by atoms with Gasteiger partial charge >= 0.3 is 5.97 Å². The number of halogens is 2. The monoisotopic (exact) mass is 1630 g/mol. The van der Waals surface area contributed by atoms with E-state index >= 15 is 14.4 Å². The molecule has 34 nitrogen and oxygen atoms in total. The number of aliphatic hydroxyl groups is 6. The Morgan fingerprint density at radius 3 is 1.99 bits per heavy atom. The lowest BCUT2D eigenvalue weighted by Crippen LogP contribution is -2.65. The van der Waals surface area contributed by atoms with Crippen molar-refractivity contribution < 1.29 is 123 Å². The van der Waals surface area contributed by atoms with Crippen molar-refractivity contribution in [2.45, 2.75) is 155 Å². The van der Waals surface area contributed by atoms with E-state index in [-0.39, 0.29) is 41.8 Å². The molecule has 0 aliphatic carbocycles. The van der Waals surface area contributed by atoms with Crippen molar-refractivity contribution in [3.05, 3.63) is 195 Å². The quantitative estimate of drug-likeness (QED) is 0.0409. The van der Waals surface area contributed by atoms with Crippen LogP contribution in [-0.4, -0.2) is 191 Å². The number of nitrogens with one attached hydrogen (secondary N) is 7. The fraction of sp³-hybridized carbons (Fsp3) is 0.342. The zero-order chi connectivity index (χ0) is 82.6. The molecule has 0 saturated carbocycles. The van der Waals surface area contributed by atoms with Gasteiger partial charge in [-0.15, -0.1) is 6.58 Å². The Balaban J connectivity index is 1.04. The molecule has 7 heterocycles. The number of phenolic OH excluding ortho intramolecular Hbond substituents is 3. The highest BCUT2D eigenvalue weighted by atomic mass is 35.5. The third-order valence-corrected chi connectivity index (χ3v) is 20.8. The van der Waals surface area contributed by atoms with Gasteiger partial charge in [0.05, 0.1) is 47.9 Å². The summed E-state index contributed by atoms with van der Waals surface area (Å²) >= 11 is 14.3. The maximum atomic E-state index is 16.2. The lowest BCUT2D eigenvalue weighted by molar-refractivity contribution is -0.334. The van der Waals surface area contributed by atoms with Gasteiger partial charge in [0.1, 0.15) is 95.2 Å². The molecule has 0 unspecified atom stereocenters. The number of carboxylic acid groups (broad SMARTS) is 1. The molecule has 7 aliphatic rings. The number of hydrogen-bond acceptors (Lipinski definition) is 26. The Labute approximate surface area is 665 Å². The van der Waals surface area contributed by atoms with Gasteiger partial charge in [0.2, 0.25) is 53.4 Å². The second-order valence-corrected chi connectivity index (χ2v) is 29.2. The van der Waals surface area contributed by atoms with Crippen LogP contribution in [0.4, 0.5) is 0 Å². The summed E-state index contributed by atoms with van der Waals surface area (Å²) < 4.78 is 45.3. The minimum absolute atomic E-state index is 0.0974. The van der Waals surface area contributed by atoms with Crippen LogP contribution in [0.5, 0.6) is 51.7 Å². The summed E-state index contributed by atoms with van der Waals surface area (Å²) in [6.45, 7) is 6.54. The Morgan fingerprint density at radius 2 is 1.34 bits per heavy atom. The van der Waals surface area contributed by atoms with Gasteiger partial charge in [-0.25, -0.2) is 4.79 Å². The third-order valence-electron chi connectivity index (χ3n) is 20.2. The molecule has 115 heavy (non-hydrogen) atoms. The molecule has 14 rings (SSSR count). The van der Waals surface area contributed by atoms with E-state index in [0.717, 1.165) is 72.3 Å². The highest BCUT2D eigenvalue weighted by Gasteiger charge is 2.52. The lowest BCUT2D eigenvalue weighted by Gasteiger charge is -2.48. The van der Waals surface area contributed by atoms with Crippen molar-refractivity contribution in [3.63, 3.8) is 0 Å². The number of fused-ring (bicyclic) bond motifs is 15. The summed E-state index contributed by atoms with van der Waals surface area (Å²) in [7, 11) is 0. The second-order valence-electron chi connectivity index (χ2n) is 28.4. The third kappa shape index (κ3) is 18.5. The van der Waals surface area contributed by atoms with E-state index < -0.39 is 242 Å². The zero-order valence-corrected chi connectivity index (χ0v) is 62.8. The molecule has 21 N–H and O–H groups in total. The van der Waals surface area contributed by atoms with Crippen molar-refractivity contribution in [3.8, 4) is 62.9 Å². The van der Waals surface area contributed by atoms with Crippen molar-refractivity contribution >= 4 is 70.5 Å². The number of carboxylic acids is 1. The predicted octanol–water partition coefficient (Wildman–Crippen LogP) is 2.83. The molecule has 7 aromatic carbocycles. The Hall–Kier alpha value is -11.2. The molecule has 7 aliphatic heterocycles. The molecule has 7 amide bonds. The number of rotatable bonds is 19. The Bertz CT molecular complexity index is 4890. The van der Waals surface area contributed by atoms with Crippen LogP contribution in [0, 0.1) is 0 Å². The molecule has 11 bridgehead atoms. The van der Waals surface area contributed by atoms with Crippen molar-refractivity contribution in [1.29, 1.82) is 0 Å². The molecular weight excluding hydrogens is 1550 g/mol. The summed E-state index contributed by atoms with van der Waals surface area (Å²) in [5.74, 6) is -15.8. The van der Waals surface area contributed by atoms with Crippen LogP contribution in [0.15, 0.2) is 146 Å². The fourth-order valence-electron chi connectivity index (χ4n) is 14.1. The van der Waals surface area contributed by atoms with Crippen LogP contribution in [0.3, 0.4) is 0 Å². The average molecular weight is 1630 g/mol. The van der Waals surface area contributed by atoms with E-state index in [1.807, 2.05) is 12.1 Å². The van der Waals surface area contributed by atoms with E-state index in [1.54, 1.807) is 62.4 Å². The van der Waals surface area contributed by atoms with Crippen LogP contribution < -0.4 is 67.6 Å². The smallest absolute Gasteiger partial charge is 0.330 e. The van der Waals surface area contributed by atoms with E-state index in [9.17, 15) is 75.0 Å². The molecule has 18 atom stereocenters. The molecule has 36 heteroatoms. The minimum atomic E-state index is -2.38. The number of aliphatic hydroxyl groups excluding tert-OH is 6. The topological polar surface area (TPSA) is 540 Å². The van der Waals surface area contributed by atoms with E-state index in [4.69, 9.17) is 67.8 Å². The zero-order valence-electron chi connectivity index (χ0n) is 61.3. The molecule has 2 saturated heterocycles. The van der Waals surface area contributed by atoms with Crippen LogP contribution in [0.25, 0.3) is 11.1 Å². The number of nitrogens with two attached hydrogens (primary N) is 2. The summed E-state index contributed by atoms with van der Waals surface area (Å²) in [4.78, 5) is 118. The number of amides is 7. The number of phenols is 3. The van der Waals surface area contributed by atoms with Gasteiger partial charge in [-0.1, -0.05) is 89.9 Å². The van der Waals surface area contributed by atoms with Gasteiger partial charge in [-0.3, -0.25) is 33.6 Å². The normalized spacial score (nSPS) is 27.1. The average Bonchev–Trinajstić information content (AvgIpc) is 0.756.